The summed E-state index contributed by atoms with van der Waals surface area (Å²) in [5.41, 5.74) is 3.29. The van der Waals surface area contributed by atoms with Crippen molar-refractivity contribution < 1.29 is 13.9 Å². The van der Waals surface area contributed by atoms with Crippen LogP contribution in [0.25, 0.3) is 5.65 Å². The van der Waals surface area contributed by atoms with E-state index in [1.54, 1.807) is 12.3 Å². The van der Waals surface area contributed by atoms with Crippen LogP contribution >= 0.6 is 0 Å². The van der Waals surface area contributed by atoms with Crippen molar-refractivity contribution in [2.24, 2.45) is 0 Å². The van der Waals surface area contributed by atoms with E-state index >= 15 is 0 Å². The van der Waals surface area contributed by atoms with E-state index in [4.69, 9.17) is 4.74 Å². The van der Waals surface area contributed by atoms with Gasteiger partial charge in [-0.3, -0.25) is 4.79 Å². The first-order valence-corrected chi connectivity index (χ1v) is 13.0. The van der Waals surface area contributed by atoms with Gasteiger partial charge in [0.2, 0.25) is 5.91 Å². The van der Waals surface area contributed by atoms with Crippen LogP contribution in [-0.2, 0) is 11.4 Å². The van der Waals surface area contributed by atoms with Crippen molar-refractivity contribution in [3.63, 3.8) is 0 Å². The molecule has 0 saturated carbocycles. The van der Waals surface area contributed by atoms with Gasteiger partial charge < -0.3 is 19.4 Å². The van der Waals surface area contributed by atoms with Gasteiger partial charge in [0.25, 0.3) is 0 Å². The number of piperidine rings is 1. The van der Waals surface area contributed by atoms with Gasteiger partial charge in [0.05, 0.1) is 5.69 Å². The summed E-state index contributed by atoms with van der Waals surface area (Å²) in [6.45, 7) is 4.08. The number of hydrogen-bond donors (Lipinski definition) is 1. The van der Waals surface area contributed by atoms with Crippen molar-refractivity contribution in [1.29, 1.82) is 0 Å². The minimum atomic E-state index is -0.356. The largest absolute Gasteiger partial charge is 0.485 e. The van der Waals surface area contributed by atoms with E-state index in [1.165, 1.54) is 31.4 Å². The van der Waals surface area contributed by atoms with Crippen LogP contribution in [0.2, 0.25) is 0 Å². The molecular formula is C30H33FN4O2. The number of aromatic nitrogens is 2. The number of rotatable bonds is 10. The predicted molar refractivity (Wildman–Crippen MR) is 142 cm³/mol. The summed E-state index contributed by atoms with van der Waals surface area (Å²) in [5, 5.41) is 3.08. The molecule has 2 aromatic carbocycles. The summed E-state index contributed by atoms with van der Waals surface area (Å²) in [7, 11) is 0. The summed E-state index contributed by atoms with van der Waals surface area (Å²) in [6.07, 6.45) is 7.61. The van der Waals surface area contributed by atoms with Gasteiger partial charge in [-0.1, -0.05) is 48.9 Å². The Kier molecular flexibility index (Phi) is 8.11. The Labute approximate surface area is 217 Å². The number of ether oxygens (including phenoxy) is 1. The normalized spacial score (nSPS) is 14.9. The molecule has 1 amide bonds. The molecule has 1 atom stereocenters. The molecule has 0 spiro atoms. The number of fused-ring (bicyclic) bond motifs is 1. The SMILES string of the molecule is O=C(CC(c1cccc(F)c1)c1cnc2c(OCc3ccccc3)cccn12)NCCN1CCCCC1. The lowest BCUT2D eigenvalue weighted by atomic mass is 9.92. The molecule has 37 heavy (non-hydrogen) atoms. The van der Waals surface area contributed by atoms with E-state index in [1.807, 2.05) is 59.1 Å². The smallest absolute Gasteiger partial charge is 0.221 e. The van der Waals surface area contributed by atoms with E-state index in [9.17, 15) is 9.18 Å². The van der Waals surface area contributed by atoms with E-state index in [2.05, 4.69) is 15.2 Å². The number of pyridine rings is 1. The molecule has 192 valence electrons. The Morgan fingerprint density at radius 1 is 1.03 bits per heavy atom. The quantitative estimate of drug-likeness (QED) is 0.326. The number of halogens is 1. The number of nitrogens with one attached hydrogen (secondary N) is 1. The third-order valence-electron chi connectivity index (χ3n) is 6.96. The molecule has 1 unspecified atom stereocenters. The summed E-state index contributed by atoms with van der Waals surface area (Å²) in [6, 6.07) is 20.2. The molecule has 1 N–H and O–H groups in total. The van der Waals surface area contributed by atoms with Crippen LogP contribution in [-0.4, -0.2) is 46.4 Å². The fourth-order valence-corrected chi connectivity index (χ4v) is 5.02. The Morgan fingerprint density at radius 3 is 2.68 bits per heavy atom. The van der Waals surface area contributed by atoms with Gasteiger partial charge in [0, 0.05) is 37.8 Å². The number of nitrogens with zero attached hydrogens (tertiary/aromatic N) is 3. The van der Waals surface area contributed by atoms with Crippen molar-refractivity contribution in [3.8, 4) is 5.75 Å². The third-order valence-corrected chi connectivity index (χ3v) is 6.96. The highest BCUT2D eigenvalue weighted by Crippen LogP contribution is 2.31. The van der Waals surface area contributed by atoms with Gasteiger partial charge in [0.1, 0.15) is 12.4 Å². The number of benzene rings is 2. The van der Waals surface area contributed by atoms with Gasteiger partial charge in [-0.25, -0.2) is 9.37 Å². The molecular weight excluding hydrogens is 467 g/mol. The minimum absolute atomic E-state index is 0.0577. The predicted octanol–water partition coefficient (Wildman–Crippen LogP) is 5.18. The third kappa shape index (κ3) is 6.35. The Hall–Kier alpha value is -3.71. The van der Waals surface area contributed by atoms with Crippen LogP contribution in [0.5, 0.6) is 5.75 Å². The van der Waals surface area contributed by atoms with Crippen LogP contribution in [0, 0.1) is 5.82 Å². The molecule has 4 aromatic rings. The number of carbonyl (C=O) groups is 1. The maximum Gasteiger partial charge on any atom is 0.221 e. The average molecular weight is 501 g/mol. The number of amides is 1. The first-order valence-electron chi connectivity index (χ1n) is 13.0. The van der Waals surface area contributed by atoms with Crippen LogP contribution in [0.1, 0.15) is 48.4 Å². The minimum Gasteiger partial charge on any atom is -0.485 e. The average Bonchev–Trinajstić information content (AvgIpc) is 3.36. The summed E-state index contributed by atoms with van der Waals surface area (Å²) >= 11 is 0. The number of likely N-dealkylation sites (tertiary alicyclic amines) is 1. The lowest BCUT2D eigenvalue weighted by Gasteiger charge is -2.26. The lowest BCUT2D eigenvalue weighted by Crippen LogP contribution is -2.38. The van der Waals surface area contributed by atoms with Crippen molar-refractivity contribution in [2.75, 3.05) is 26.2 Å². The second kappa shape index (κ2) is 12.0. The maximum absolute atomic E-state index is 14.2. The molecule has 0 radical (unpaired) electrons. The van der Waals surface area contributed by atoms with Crippen molar-refractivity contribution in [3.05, 3.63) is 102 Å². The molecule has 1 saturated heterocycles. The van der Waals surface area contributed by atoms with Crippen molar-refractivity contribution in [1.82, 2.24) is 19.6 Å². The summed E-state index contributed by atoms with van der Waals surface area (Å²) in [5.74, 6) is -0.0851. The van der Waals surface area contributed by atoms with E-state index in [-0.39, 0.29) is 24.1 Å². The highest BCUT2D eigenvalue weighted by molar-refractivity contribution is 5.77. The van der Waals surface area contributed by atoms with Crippen molar-refractivity contribution >= 4 is 11.6 Å². The second-order valence-electron chi connectivity index (χ2n) is 9.59. The van der Waals surface area contributed by atoms with E-state index in [0.717, 1.165) is 36.5 Å². The van der Waals surface area contributed by atoms with Crippen LogP contribution < -0.4 is 10.1 Å². The summed E-state index contributed by atoms with van der Waals surface area (Å²) < 4.78 is 22.2. The van der Waals surface area contributed by atoms with Gasteiger partial charge in [-0.15, -0.1) is 0 Å². The molecule has 6 nitrogen and oxygen atoms in total. The molecule has 0 aliphatic carbocycles. The molecule has 0 bridgehead atoms. The summed E-state index contributed by atoms with van der Waals surface area (Å²) in [4.78, 5) is 20.1. The van der Waals surface area contributed by atoms with Crippen LogP contribution in [0.15, 0.2) is 79.1 Å². The van der Waals surface area contributed by atoms with Gasteiger partial charge in [-0.2, -0.15) is 0 Å². The second-order valence-corrected chi connectivity index (χ2v) is 9.59. The molecule has 2 aromatic heterocycles. The zero-order valence-corrected chi connectivity index (χ0v) is 21.0. The Morgan fingerprint density at radius 2 is 1.86 bits per heavy atom. The maximum atomic E-state index is 14.2. The van der Waals surface area contributed by atoms with Gasteiger partial charge in [-0.05, 0) is 61.3 Å². The molecule has 7 heteroatoms. The zero-order valence-electron chi connectivity index (χ0n) is 21.0. The molecule has 3 heterocycles. The highest BCUT2D eigenvalue weighted by Gasteiger charge is 2.23. The fraction of sp³-hybridized carbons (Fsp3) is 0.333. The first-order chi connectivity index (χ1) is 18.2. The monoisotopic (exact) mass is 500 g/mol. The zero-order chi connectivity index (χ0) is 25.5. The topological polar surface area (TPSA) is 58.9 Å². The highest BCUT2D eigenvalue weighted by atomic mass is 19.1. The standard InChI is InChI=1S/C30H33FN4O2/c31-25-12-7-11-24(19-25)26(20-29(36)32-14-18-34-15-5-2-6-16-34)27-21-33-30-28(13-8-17-35(27)30)37-22-23-9-3-1-4-10-23/h1,3-4,7-13,17,19,21,26H,2,5-6,14-16,18,20,22H2,(H,32,36). The number of carbonyl (C=O) groups excluding carboxylic acids is 1. The number of imidazole rings is 1. The van der Waals surface area contributed by atoms with Crippen LogP contribution in [0.3, 0.4) is 0 Å². The lowest BCUT2D eigenvalue weighted by molar-refractivity contribution is -0.121. The fourth-order valence-electron chi connectivity index (χ4n) is 5.02. The van der Waals surface area contributed by atoms with Crippen molar-refractivity contribution in [2.45, 2.75) is 38.2 Å². The molecule has 1 aliphatic heterocycles. The van der Waals surface area contributed by atoms with Gasteiger partial charge in [0.15, 0.2) is 11.4 Å². The Balaban J connectivity index is 1.35. The van der Waals surface area contributed by atoms with E-state index in [0.29, 0.717) is 24.5 Å². The van der Waals surface area contributed by atoms with Gasteiger partial charge >= 0.3 is 0 Å². The van der Waals surface area contributed by atoms with Crippen LogP contribution in [0.4, 0.5) is 4.39 Å². The molecule has 5 rings (SSSR count). The Bertz CT molecular complexity index is 1320. The number of hydrogen-bond acceptors (Lipinski definition) is 4. The molecule has 1 aliphatic rings. The first kappa shape index (κ1) is 25.0. The van der Waals surface area contributed by atoms with E-state index < -0.39 is 0 Å². The molecule has 1 fully saturated rings.